The van der Waals surface area contributed by atoms with E-state index in [1.54, 1.807) is 0 Å². The number of carbonyl (C=O) groups is 1. The van der Waals surface area contributed by atoms with Gasteiger partial charge >= 0.3 is 0 Å². The smallest absolute Gasteiger partial charge is 0.225 e. The number of aromatic amines is 1. The third-order valence-corrected chi connectivity index (χ3v) is 3.17. The summed E-state index contributed by atoms with van der Waals surface area (Å²) in [6.07, 6.45) is 1.90. The van der Waals surface area contributed by atoms with Crippen molar-refractivity contribution in [1.82, 2.24) is 15.2 Å². The molecule has 1 aromatic carbocycles. The summed E-state index contributed by atoms with van der Waals surface area (Å²) >= 11 is 1.48. The Bertz CT molecular complexity index is 495. The number of rotatable bonds is 5. The van der Waals surface area contributed by atoms with Gasteiger partial charge in [-0.25, -0.2) is 4.98 Å². The lowest BCUT2D eigenvalue weighted by Crippen LogP contribution is -2.12. The summed E-state index contributed by atoms with van der Waals surface area (Å²) in [6.45, 7) is 2.01. The lowest BCUT2D eigenvalue weighted by molar-refractivity contribution is -0.115. The predicted molar refractivity (Wildman–Crippen MR) is 71.5 cm³/mol. The van der Waals surface area contributed by atoms with Gasteiger partial charge < -0.3 is 5.32 Å². The van der Waals surface area contributed by atoms with Crippen LogP contribution >= 0.6 is 11.8 Å². The SMILES string of the molecule is Cc1ccc(NC(=O)CCSc2ncn[nH]2)cc1. The molecule has 0 saturated carbocycles. The molecule has 0 aliphatic carbocycles. The average molecular weight is 262 g/mol. The second-order valence-corrected chi connectivity index (χ2v) is 4.89. The first-order valence-corrected chi connectivity index (χ1v) is 6.57. The predicted octanol–water partition coefficient (Wildman–Crippen LogP) is 2.23. The van der Waals surface area contributed by atoms with Gasteiger partial charge in [-0.3, -0.25) is 9.89 Å². The van der Waals surface area contributed by atoms with E-state index in [1.165, 1.54) is 23.7 Å². The Balaban J connectivity index is 1.73. The molecule has 0 unspecified atom stereocenters. The van der Waals surface area contributed by atoms with Crippen LogP contribution in [0.1, 0.15) is 12.0 Å². The molecule has 0 atom stereocenters. The van der Waals surface area contributed by atoms with Crippen LogP contribution in [0.2, 0.25) is 0 Å². The van der Waals surface area contributed by atoms with Gasteiger partial charge in [-0.1, -0.05) is 29.5 Å². The number of anilines is 1. The molecule has 0 spiro atoms. The van der Waals surface area contributed by atoms with Crippen LogP contribution in [0.15, 0.2) is 35.7 Å². The fourth-order valence-electron chi connectivity index (χ4n) is 1.36. The van der Waals surface area contributed by atoms with E-state index >= 15 is 0 Å². The summed E-state index contributed by atoms with van der Waals surface area (Å²) in [7, 11) is 0. The molecule has 2 rings (SSSR count). The van der Waals surface area contributed by atoms with Gasteiger partial charge in [0.05, 0.1) is 0 Å². The number of aromatic nitrogens is 3. The van der Waals surface area contributed by atoms with Crippen molar-refractivity contribution in [3.05, 3.63) is 36.2 Å². The van der Waals surface area contributed by atoms with Gasteiger partial charge in [0.15, 0.2) is 5.16 Å². The molecular formula is C12H14N4OS. The summed E-state index contributed by atoms with van der Waals surface area (Å²) in [5.41, 5.74) is 2.00. The van der Waals surface area contributed by atoms with E-state index in [9.17, 15) is 4.79 Å². The highest BCUT2D eigenvalue weighted by Gasteiger charge is 2.03. The Morgan fingerprint density at radius 3 is 2.83 bits per heavy atom. The first-order chi connectivity index (χ1) is 8.74. The normalized spacial score (nSPS) is 10.3. The van der Waals surface area contributed by atoms with Crippen LogP contribution in [0.5, 0.6) is 0 Å². The standard InChI is InChI=1S/C12H14N4OS/c1-9-2-4-10(5-3-9)15-11(17)6-7-18-12-13-8-14-16-12/h2-5,8H,6-7H2,1H3,(H,15,17)(H,13,14,16). The quantitative estimate of drug-likeness (QED) is 0.811. The first-order valence-electron chi connectivity index (χ1n) is 5.59. The number of aryl methyl sites for hydroxylation is 1. The minimum absolute atomic E-state index is 0.00543. The van der Waals surface area contributed by atoms with Gasteiger partial charge in [0.25, 0.3) is 0 Å². The largest absolute Gasteiger partial charge is 0.326 e. The number of carbonyl (C=O) groups excluding carboxylic acids is 1. The molecular weight excluding hydrogens is 248 g/mol. The van der Waals surface area contributed by atoms with Crippen molar-refractivity contribution in [2.45, 2.75) is 18.5 Å². The zero-order valence-corrected chi connectivity index (χ0v) is 10.8. The van der Waals surface area contributed by atoms with Crippen LogP contribution in [0.3, 0.4) is 0 Å². The van der Waals surface area contributed by atoms with E-state index in [2.05, 4.69) is 20.5 Å². The topological polar surface area (TPSA) is 70.7 Å². The molecule has 1 aromatic heterocycles. The summed E-state index contributed by atoms with van der Waals surface area (Å²) < 4.78 is 0. The number of benzene rings is 1. The number of hydrogen-bond donors (Lipinski definition) is 2. The van der Waals surface area contributed by atoms with E-state index in [1.807, 2.05) is 31.2 Å². The lowest BCUT2D eigenvalue weighted by Gasteiger charge is -2.04. The maximum atomic E-state index is 11.7. The van der Waals surface area contributed by atoms with Crippen molar-refractivity contribution in [3.8, 4) is 0 Å². The summed E-state index contributed by atoms with van der Waals surface area (Å²) in [6, 6.07) is 7.74. The van der Waals surface area contributed by atoms with Crippen LogP contribution in [0.25, 0.3) is 0 Å². The Labute approximate surface area is 109 Å². The zero-order valence-electron chi connectivity index (χ0n) is 10.0. The van der Waals surface area contributed by atoms with Crippen molar-refractivity contribution >= 4 is 23.4 Å². The van der Waals surface area contributed by atoms with Gasteiger partial charge in [0.2, 0.25) is 5.91 Å². The molecule has 0 bridgehead atoms. The second-order valence-electron chi connectivity index (χ2n) is 3.80. The van der Waals surface area contributed by atoms with E-state index in [4.69, 9.17) is 0 Å². The molecule has 0 saturated heterocycles. The third kappa shape index (κ3) is 3.89. The van der Waals surface area contributed by atoms with Crippen molar-refractivity contribution < 1.29 is 4.79 Å². The van der Waals surface area contributed by atoms with Crippen LogP contribution in [0.4, 0.5) is 5.69 Å². The molecule has 0 aliphatic rings. The molecule has 0 fully saturated rings. The molecule has 94 valence electrons. The number of nitrogens with one attached hydrogen (secondary N) is 2. The first kappa shape index (κ1) is 12.6. The maximum Gasteiger partial charge on any atom is 0.225 e. The van der Waals surface area contributed by atoms with Crippen molar-refractivity contribution in [1.29, 1.82) is 0 Å². The molecule has 0 aliphatic heterocycles. The number of nitrogens with zero attached hydrogens (tertiary/aromatic N) is 2. The van der Waals surface area contributed by atoms with Gasteiger partial charge in [0.1, 0.15) is 6.33 Å². The lowest BCUT2D eigenvalue weighted by atomic mass is 10.2. The highest BCUT2D eigenvalue weighted by atomic mass is 32.2. The van der Waals surface area contributed by atoms with Gasteiger partial charge in [-0.2, -0.15) is 5.10 Å². The Morgan fingerprint density at radius 2 is 2.17 bits per heavy atom. The van der Waals surface area contributed by atoms with Crippen LogP contribution in [-0.2, 0) is 4.79 Å². The van der Waals surface area contributed by atoms with Crippen LogP contribution in [-0.4, -0.2) is 26.8 Å². The maximum absolute atomic E-state index is 11.7. The minimum Gasteiger partial charge on any atom is -0.326 e. The fraction of sp³-hybridized carbons (Fsp3) is 0.250. The van der Waals surface area contributed by atoms with Gasteiger partial charge in [-0.15, -0.1) is 0 Å². The highest BCUT2D eigenvalue weighted by molar-refractivity contribution is 7.99. The Morgan fingerprint density at radius 1 is 1.39 bits per heavy atom. The molecule has 18 heavy (non-hydrogen) atoms. The molecule has 1 amide bonds. The van der Waals surface area contributed by atoms with Gasteiger partial charge in [0, 0.05) is 17.9 Å². The van der Waals surface area contributed by atoms with E-state index in [-0.39, 0.29) is 5.91 Å². The van der Waals surface area contributed by atoms with Gasteiger partial charge in [-0.05, 0) is 19.1 Å². The molecule has 1 heterocycles. The monoisotopic (exact) mass is 262 g/mol. The highest BCUT2D eigenvalue weighted by Crippen LogP contribution is 2.13. The molecule has 6 heteroatoms. The summed E-state index contributed by atoms with van der Waals surface area (Å²) in [4.78, 5) is 15.6. The number of thioether (sulfide) groups is 1. The van der Waals surface area contributed by atoms with Crippen molar-refractivity contribution in [3.63, 3.8) is 0 Å². The fourth-order valence-corrected chi connectivity index (χ4v) is 2.08. The Hall–Kier alpha value is -1.82. The van der Waals surface area contributed by atoms with E-state index in [0.29, 0.717) is 12.2 Å². The molecule has 2 aromatic rings. The van der Waals surface area contributed by atoms with Crippen molar-refractivity contribution in [2.75, 3.05) is 11.1 Å². The van der Waals surface area contributed by atoms with Crippen LogP contribution < -0.4 is 5.32 Å². The van der Waals surface area contributed by atoms with E-state index in [0.717, 1.165) is 10.8 Å². The number of hydrogen-bond acceptors (Lipinski definition) is 4. The second kappa shape index (κ2) is 6.20. The summed E-state index contributed by atoms with van der Waals surface area (Å²) in [5, 5.41) is 10.1. The third-order valence-electron chi connectivity index (χ3n) is 2.30. The molecule has 0 radical (unpaired) electrons. The number of amides is 1. The summed E-state index contributed by atoms with van der Waals surface area (Å²) in [5.74, 6) is 0.679. The number of H-pyrrole nitrogens is 1. The average Bonchev–Trinajstić information content (AvgIpc) is 2.85. The minimum atomic E-state index is 0.00543. The van der Waals surface area contributed by atoms with Crippen LogP contribution in [0, 0.1) is 6.92 Å². The van der Waals surface area contributed by atoms with E-state index < -0.39 is 0 Å². The molecule has 2 N–H and O–H groups in total. The zero-order chi connectivity index (χ0) is 12.8. The Kier molecular flexibility index (Phi) is 4.35. The van der Waals surface area contributed by atoms with Crippen molar-refractivity contribution in [2.24, 2.45) is 0 Å². The molecule has 5 nitrogen and oxygen atoms in total.